The number of rotatable bonds is 4. The van der Waals surface area contributed by atoms with Crippen molar-refractivity contribution < 1.29 is 14.3 Å². The summed E-state index contributed by atoms with van der Waals surface area (Å²) >= 11 is 0. The van der Waals surface area contributed by atoms with Crippen LogP contribution >= 0.6 is 0 Å². The van der Waals surface area contributed by atoms with Crippen molar-refractivity contribution in [1.82, 2.24) is 4.98 Å². The maximum atomic E-state index is 12.3. The van der Waals surface area contributed by atoms with Gasteiger partial charge in [-0.25, -0.2) is 4.98 Å². The maximum Gasteiger partial charge on any atom is 0.266 e. The highest BCUT2D eigenvalue weighted by Gasteiger charge is 2.28. The molecule has 124 valence electrons. The molecule has 0 saturated carbocycles. The largest absolute Gasteiger partial charge is 0.480 e. The third-order valence-electron chi connectivity index (χ3n) is 3.82. The average Bonchev–Trinajstić information content (AvgIpc) is 2.58. The zero-order valence-corrected chi connectivity index (χ0v) is 13.7. The van der Waals surface area contributed by atoms with E-state index in [0.29, 0.717) is 23.2 Å². The fourth-order valence-electron chi connectivity index (χ4n) is 2.49. The number of nitrogens with zero attached hydrogens (tertiary/aromatic N) is 2. The number of amides is 2. The van der Waals surface area contributed by atoms with Gasteiger partial charge in [0, 0.05) is 11.9 Å². The molecule has 0 atom stereocenters. The SMILES string of the molecule is CC(C)c1ccc(NC(=O)CN2C(=O)COc3cccnc32)cc1. The van der Waals surface area contributed by atoms with Gasteiger partial charge in [-0.05, 0) is 35.7 Å². The van der Waals surface area contributed by atoms with Crippen LogP contribution in [0.15, 0.2) is 42.6 Å². The monoisotopic (exact) mass is 325 g/mol. The van der Waals surface area contributed by atoms with Gasteiger partial charge < -0.3 is 10.1 Å². The van der Waals surface area contributed by atoms with Crippen molar-refractivity contribution in [2.75, 3.05) is 23.4 Å². The molecule has 0 spiro atoms. The molecule has 0 bridgehead atoms. The van der Waals surface area contributed by atoms with Crippen molar-refractivity contribution in [1.29, 1.82) is 0 Å². The topological polar surface area (TPSA) is 71.5 Å². The van der Waals surface area contributed by atoms with E-state index in [1.807, 2.05) is 24.3 Å². The number of aromatic nitrogens is 1. The number of hydrogen-bond donors (Lipinski definition) is 1. The number of anilines is 2. The number of carbonyl (C=O) groups is 2. The van der Waals surface area contributed by atoms with Crippen LogP contribution < -0.4 is 15.0 Å². The zero-order valence-electron chi connectivity index (χ0n) is 13.7. The van der Waals surface area contributed by atoms with E-state index in [-0.39, 0.29) is 25.0 Å². The van der Waals surface area contributed by atoms with Crippen molar-refractivity contribution in [3.63, 3.8) is 0 Å². The third-order valence-corrected chi connectivity index (χ3v) is 3.82. The van der Waals surface area contributed by atoms with E-state index in [2.05, 4.69) is 24.1 Å². The van der Waals surface area contributed by atoms with E-state index in [1.54, 1.807) is 18.3 Å². The second-order valence-electron chi connectivity index (χ2n) is 5.92. The summed E-state index contributed by atoms with van der Waals surface area (Å²) in [6, 6.07) is 11.1. The lowest BCUT2D eigenvalue weighted by Gasteiger charge is -2.27. The van der Waals surface area contributed by atoms with Crippen LogP contribution in [-0.2, 0) is 9.59 Å². The number of nitrogens with one attached hydrogen (secondary N) is 1. The molecule has 0 saturated heterocycles. The minimum Gasteiger partial charge on any atom is -0.480 e. The number of fused-ring (bicyclic) bond motifs is 1. The molecule has 1 N–H and O–H groups in total. The van der Waals surface area contributed by atoms with Crippen LogP contribution in [0.5, 0.6) is 5.75 Å². The Morgan fingerprint density at radius 2 is 2.04 bits per heavy atom. The first kappa shape index (κ1) is 16.0. The molecule has 0 unspecified atom stereocenters. The van der Waals surface area contributed by atoms with Crippen LogP contribution in [-0.4, -0.2) is 29.9 Å². The molecule has 0 radical (unpaired) electrons. The standard InChI is InChI=1S/C18H19N3O3/c1-12(2)13-5-7-14(8-6-13)20-16(22)10-21-17(23)11-24-15-4-3-9-19-18(15)21/h3-9,12H,10-11H2,1-2H3,(H,20,22). The van der Waals surface area contributed by atoms with Crippen LogP contribution in [0.25, 0.3) is 0 Å². The molecule has 24 heavy (non-hydrogen) atoms. The second kappa shape index (κ2) is 6.70. The van der Waals surface area contributed by atoms with Gasteiger partial charge in [-0.2, -0.15) is 0 Å². The van der Waals surface area contributed by atoms with Gasteiger partial charge in [-0.15, -0.1) is 0 Å². The summed E-state index contributed by atoms with van der Waals surface area (Å²) in [7, 11) is 0. The van der Waals surface area contributed by atoms with Gasteiger partial charge in [-0.3, -0.25) is 14.5 Å². The van der Waals surface area contributed by atoms with Gasteiger partial charge in [-0.1, -0.05) is 26.0 Å². The van der Waals surface area contributed by atoms with E-state index >= 15 is 0 Å². The molecule has 2 aromatic rings. The summed E-state index contributed by atoms with van der Waals surface area (Å²) in [6.45, 7) is 4.04. The molecule has 0 fully saturated rings. The molecule has 0 aliphatic carbocycles. The summed E-state index contributed by atoms with van der Waals surface area (Å²) in [5.74, 6) is 0.749. The van der Waals surface area contributed by atoms with E-state index in [0.717, 1.165) is 0 Å². The number of carbonyl (C=O) groups excluding carboxylic acids is 2. The first-order chi connectivity index (χ1) is 11.5. The van der Waals surface area contributed by atoms with Gasteiger partial charge in [0.1, 0.15) is 6.54 Å². The van der Waals surface area contributed by atoms with Crippen molar-refractivity contribution in [3.05, 3.63) is 48.2 Å². The van der Waals surface area contributed by atoms with Crippen LogP contribution in [0.1, 0.15) is 25.3 Å². The predicted octanol–water partition coefficient (Wildman–Crippen LogP) is 2.57. The molecule has 1 aliphatic heterocycles. The van der Waals surface area contributed by atoms with Gasteiger partial charge >= 0.3 is 0 Å². The summed E-state index contributed by atoms with van der Waals surface area (Å²) in [6.07, 6.45) is 1.57. The normalized spacial score (nSPS) is 13.5. The van der Waals surface area contributed by atoms with Crippen LogP contribution in [0.4, 0.5) is 11.5 Å². The quantitative estimate of drug-likeness (QED) is 0.938. The molecule has 2 amide bonds. The summed E-state index contributed by atoms with van der Waals surface area (Å²) in [4.78, 5) is 29.8. The second-order valence-corrected chi connectivity index (χ2v) is 5.92. The van der Waals surface area contributed by atoms with Crippen LogP contribution in [0.3, 0.4) is 0 Å². The van der Waals surface area contributed by atoms with E-state index in [9.17, 15) is 9.59 Å². The van der Waals surface area contributed by atoms with Crippen molar-refractivity contribution in [2.45, 2.75) is 19.8 Å². The fourth-order valence-corrected chi connectivity index (χ4v) is 2.49. The molecule has 3 rings (SSSR count). The summed E-state index contributed by atoms with van der Waals surface area (Å²) < 4.78 is 5.32. The molecule has 6 nitrogen and oxygen atoms in total. The molecule has 1 aliphatic rings. The Labute approximate surface area is 140 Å². The first-order valence-electron chi connectivity index (χ1n) is 7.82. The lowest BCUT2D eigenvalue weighted by molar-refractivity contribution is -0.123. The maximum absolute atomic E-state index is 12.3. The molecular formula is C18H19N3O3. The number of benzene rings is 1. The van der Waals surface area contributed by atoms with E-state index in [1.165, 1.54) is 10.5 Å². The smallest absolute Gasteiger partial charge is 0.266 e. The van der Waals surface area contributed by atoms with Crippen LogP contribution in [0, 0.1) is 0 Å². The number of hydrogen-bond acceptors (Lipinski definition) is 4. The Morgan fingerprint density at radius 3 is 2.75 bits per heavy atom. The van der Waals surface area contributed by atoms with Gasteiger partial charge in [0.15, 0.2) is 18.2 Å². The lowest BCUT2D eigenvalue weighted by Crippen LogP contribution is -2.43. The van der Waals surface area contributed by atoms with Crippen molar-refractivity contribution in [3.8, 4) is 5.75 Å². The minimum atomic E-state index is -0.286. The summed E-state index contributed by atoms with van der Waals surface area (Å²) in [5.41, 5.74) is 1.90. The zero-order chi connectivity index (χ0) is 17.1. The van der Waals surface area contributed by atoms with Gasteiger partial charge in [0.05, 0.1) is 0 Å². The average molecular weight is 325 g/mol. The summed E-state index contributed by atoms with van der Waals surface area (Å²) in [5, 5.41) is 2.81. The highest BCUT2D eigenvalue weighted by atomic mass is 16.5. The molecule has 6 heteroatoms. The molecule has 2 heterocycles. The van der Waals surface area contributed by atoms with Gasteiger partial charge in [0.2, 0.25) is 5.91 Å². The van der Waals surface area contributed by atoms with Crippen LogP contribution in [0.2, 0.25) is 0 Å². The Hall–Kier alpha value is -2.89. The number of ether oxygens (including phenoxy) is 1. The van der Waals surface area contributed by atoms with Gasteiger partial charge in [0.25, 0.3) is 5.91 Å². The Kier molecular flexibility index (Phi) is 4.46. The predicted molar refractivity (Wildman–Crippen MR) is 91.2 cm³/mol. The Bertz CT molecular complexity index is 756. The number of pyridine rings is 1. The Balaban J connectivity index is 1.69. The highest BCUT2D eigenvalue weighted by molar-refractivity contribution is 6.04. The first-order valence-corrected chi connectivity index (χ1v) is 7.82. The third kappa shape index (κ3) is 3.37. The van der Waals surface area contributed by atoms with E-state index < -0.39 is 0 Å². The van der Waals surface area contributed by atoms with Crippen molar-refractivity contribution >= 4 is 23.3 Å². The lowest BCUT2D eigenvalue weighted by atomic mass is 10.0. The molecular weight excluding hydrogens is 306 g/mol. The van der Waals surface area contributed by atoms with Crippen molar-refractivity contribution in [2.24, 2.45) is 0 Å². The highest BCUT2D eigenvalue weighted by Crippen LogP contribution is 2.28. The molecule has 1 aromatic heterocycles. The fraction of sp³-hybridized carbons (Fsp3) is 0.278. The minimum absolute atomic E-state index is 0.0882. The van der Waals surface area contributed by atoms with E-state index in [4.69, 9.17) is 4.74 Å². The Morgan fingerprint density at radius 1 is 1.29 bits per heavy atom. The molecule has 1 aromatic carbocycles.